The average Bonchev–Trinajstić information content (AvgIpc) is 2.52. The highest BCUT2D eigenvalue weighted by Crippen LogP contribution is 2.14. The number of Topliss-reactive ketones (excluding diaryl/α,β-unsaturated/α-hetero) is 1. The second-order valence-corrected chi connectivity index (χ2v) is 6.83. The molecule has 1 aliphatic carbocycles. The van der Waals surface area contributed by atoms with Gasteiger partial charge in [0.15, 0.2) is 5.78 Å². The number of rotatable bonds is 0. The van der Waals surface area contributed by atoms with Crippen LogP contribution >= 0.6 is 0 Å². The van der Waals surface area contributed by atoms with Crippen LogP contribution in [0.15, 0.2) is 12.2 Å². The molecule has 128 valence electrons. The Kier molecular flexibility index (Phi) is 12.4. The van der Waals surface area contributed by atoms with Crippen LogP contribution in [0.4, 0.5) is 0 Å². The lowest BCUT2D eigenvalue weighted by molar-refractivity contribution is -0.125. The molecule has 1 unspecified atom stereocenters. The summed E-state index contributed by atoms with van der Waals surface area (Å²) < 4.78 is 0. The Labute approximate surface area is 137 Å². The molecule has 0 bridgehead atoms. The van der Waals surface area contributed by atoms with Gasteiger partial charge in [-0.05, 0) is 19.3 Å². The molecule has 0 saturated heterocycles. The molecule has 1 N–H and O–H groups in total. The predicted molar refractivity (Wildman–Crippen MR) is 94.0 cm³/mol. The first-order valence-corrected chi connectivity index (χ1v) is 9.68. The van der Waals surface area contributed by atoms with Crippen LogP contribution in [0.25, 0.3) is 0 Å². The van der Waals surface area contributed by atoms with Gasteiger partial charge in [0.2, 0.25) is 0 Å². The van der Waals surface area contributed by atoms with Crippen molar-refractivity contribution < 1.29 is 9.90 Å². The molecule has 0 radical (unpaired) electrons. The number of hydrogen-bond donors (Lipinski definition) is 1. The van der Waals surface area contributed by atoms with E-state index in [4.69, 9.17) is 0 Å². The summed E-state index contributed by atoms with van der Waals surface area (Å²) in [5, 5.41) is 9.80. The number of allylic oxidation sites excluding steroid dienone is 1. The van der Waals surface area contributed by atoms with Crippen molar-refractivity contribution in [2.24, 2.45) is 0 Å². The van der Waals surface area contributed by atoms with E-state index in [0.29, 0.717) is 6.42 Å². The van der Waals surface area contributed by atoms with Gasteiger partial charge in [-0.3, -0.25) is 4.79 Å². The minimum Gasteiger partial charge on any atom is -0.381 e. The number of aliphatic hydroxyl groups is 1. The maximum Gasteiger partial charge on any atom is 0.165 e. The van der Waals surface area contributed by atoms with Gasteiger partial charge in [0.1, 0.15) is 6.10 Å². The Morgan fingerprint density at radius 3 is 1.59 bits per heavy atom. The molecule has 0 spiro atoms. The SMILES string of the molecule is O=C1CCCCCCCCCCCCCCCCC=CC1O. The average molecular weight is 309 g/mol. The first kappa shape index (κ1) is 19.4. The lowest BCUT2D eigenvalue weighted by atomic mass is 10.0. The summed E-state index contributed by atoms with van der Waals surface area (Å²) in [5.41, 5.74) is 0. The normalized spacial score (nSPS) is 25.7. The Bertz CT molecular complexity index is 296. The van der Waals surface area contributed by atoms with E-state index in [0.717, 1.165) is 19.3 Å². The molecule has 0 amide bonds. The van der Waals surface area contributed by atoms with E-state index in [1.165, 1.54) is 77.0 Å². The van der Waals surface area contributed by atoms with Gasteiger partial charge in [-0.25, -0.2) is 0 Å². The number of hydrogen-bond acceptors (Lipinski definition) is 2. The van der Waals surface area contributed by atoms with Gasteiger partial charge in [0.05, 0.1) is 0 Å². The van der Waals surface area contributed by atoms with Gasteiger partial charge in [-0.1, -0.05) is 89.2 Å². The molecule has 2 heteroatoms. The highest BCUT2D eigenvalue weighted by molar-refractivity contribution is 5.84. The summed E-state index contributed by atoms with van der Waals surface area (Å²) in [5.74, 6) is -0.00865. The van der Waals surface area contributed by atoms with Crippen LogP contribution in [-0.2, 0) is 4.79 Å². The molecular formula is C20H36O2. The number of carbonyl (C=O) groups is 1. The summed E-state index contributed by atoms with van der Waals surface area (Å²) in [6.07, 6.45) is 22.4. The fourth-order valence-electron chi connectivity index (χ4n) is 3.16. The predicted octanol–water partition coefficient (Wildman–Crippen LogP) is 5.73. The molecule has 0 aromatic heterocycles. The molecule has 0 fully saturated rings. The maximum atomic E-state index is 11.8. The second kappa shape index (κ2) is 14.0. The quantitative estimate of drug-likeness (QED) is 0.580. The molecule has 1 atom stereocenters. The monoisotopic (exact) mass is 308 g/mol. The Morgan fingerprint density at radius 1 is 0.682 bits per heavy atom. The molecule has 0 heterocycles. The van der Waals surface area contributed by atoms with Crippen LogP contribution in [-0.4, -0.2) is 17.0 Å². The van der Waals surface area contributed by atoms with Crippen LogP contribution in [0, 0.1) is 0 Å². The van der Waals surface area contributed by atoms with E-state index in [-0.39, 0.29) is 5.78 Å². The zero-order valence-electron chi connectivity index (χ0n) is 14.4. The topological polar surface area (TPSA) is 37.3 Å². The Morgan fingerprint density at radius 2 is 1.09 bits per heavy atom. The molecule has 1 aliphatic rings. The summed E-state index contributed by atoms with van der Waals surface area (Å²) in [4.78, 5) is 11.8. The van der Waals surface area contributed by atoms with Gasteiger partial charge >= 0.3 is 0 Å². The molecule has 0 aliphatic heterocycles. The molecule has 0 aromatic rings. The van der Waals surface area contributed by atoms with E-state index in [1.54, 1.807) is 6.08 Å². The first-order chi connectivity index (χ1) is 10.8. The van der Waals surface area contributed by atoms with Gasteiger partial charge in [0, 0.05) is 6.42 Å². The highest BCUT2D eigenvalue weighted by atomic mass is 16.3. The van der Waals surface area contributed by atoms with Crippen molar-refractivity contribution in [3.8, 4) is 0 Å². The van der Waals surface area contributed by atoms with E-state index >= 15 is 0 Å². The van der Waals surface area contributed by atoms with E-state index < -0.39 is 6.10 Å². The largest absolute Gasteiger partial charge is 0.381 e. The summed E-state index contributed by atoms with van der Waals surface area (Å²) in [6, 6.07) is 0. The standard InChI is InChI=1S/C20H36O2/c21-19-17-15-13-11-9-7-5-3-1-2-4-6-8-10-12-14-16-18-20(19)22/h15,17,19,21H,1-14,16,18H2. The minimum atomic E-state index is -0.870. The van der Waals surface area contributed by atoms with Gasteiger partial charge in [0.25, 0.3) is 0 Å². The molecule has 22 heavy (non-hydrogen) atoms. The van der Waals surface area contributed by atoms with Crippen LogP contribution in [0.1, 0.15) is 103 Å². The van der Waals surface area contributed by atoms with Crippen molar-refractivity contribution in [1.29, 1.82) is 0 Å². The minimum absolute atomic E-state index is 0.00865. The van der Waals surface area contributed by atoms with Crippen LogP contribution < -0.4 is 0 Å². The van der Waals surface area contributed by atoms with Crippen molar-refractivity contribution in [1.82, 2.24) is 0 Å². The summed E-state index contributed by atoms with van der Waals surface area (Å²) in [7, 11) is 0. The van der Waals surface area contributed by atoms with E-state index in [2.05, 4.69) is 0 Å². The molecule has 0 saturated carbocycles. The van der Waals surface area contributed by atoms with Crippen LogP contribution in [0.2, 0.25) is 0 Å². The fraction of sp³-hybridized carbons (Fsp3) is 0.850. The third-order valence-corrected chi connectivity index (χ3v) is 4.69. The Hall–Kier alpha value is -0.630. The number of carbonyl (C=O) groups excluding carboxylic acids is 1. The van der Waals surface area contributed by atoms with Gasteiger partial charge in [-0.15, -0.1) is 0 Å². The molecular weight excluding hydrogens is 272 g/mol. The number of ketones is 1. The van der Waals surface area contributed by atoms with Crippen LogP contribution in [0.3, 0.4) is 0 Å². The molecule has 0 aromatic carbocycles. The van der Waals surface area contributed by atoms with Crippen molar-refractivity contribution in [3.63, 3.8) is 0 Å². The molecule has 2 nitrogen and oxygen atoms in total. The fourth-order valence-corrected chi connectivity index (χ4v) is 3.16. The maximum absolute atomic E-state index is 11.8. The Balaban J connectivity index is 2.25. The van der Waals surface area contributed by atoms with Crippen molar-refractivity contribution >= 4 is 5.78 Å². The summed E-state index contributed by atoms with van der Waals surface area (Å²) >= 11 is 0. The van der Waals surface area contributed by atoms with Gasteiger partial charge in [-0.2, -0.15) is 0 Å². The lowest BCUT2D eigenvalue weighted by Crippen LogP contribution is -2.17. The smallest absolute Gasteiger partial charge is 0.165 e. The summed E-state index contributed by atoms with van der Waals surface area (Å²) in [6.45, 7) is 0. The highest BCUT2D eigenvalue weighted by Gasteiger charge is 2.10. The lowest BCUT2D eigenvalue weighted by Gasteiger charge is -2.06. The van der Waals surface area contributed by atoms with Crippen molar-refractivity contribution in [2.75, 3.05) is 0 Å². The third kappa shape index (κ3) is 11.0. The van der Waals surface area contributed by atoms with Crippen molar-refractivity contribution in [3.05, 3.63) is 12.2 Å². The second-order valence-electron chi connectivity index (χ2n) is 6.83. The third-order valence-electron chi connectivity index (χ3n) is 4.69. The van der Waals surface area contributed by atoms with Gasteiger partial charge < -0.3 is 5.11 Å². The number of aliphatic hydroxyl groups excluding tert-OH is 1. The van der Waals surface area contributed by atoms with Crippen LogP contribution in [0.5, 0.6) is 0 Å². The zero-order valence-corrected chi connectivity index (χ0v) is 14.4. The van der Waals surface area contributed by atoms with E-state index in [9.17, 15) is 9.90 Å². The van der Waals surface area contributed by atoms with Crippen molar-refractivity contribution in [2.45, 2.75) is 109 Å². The zero-order chi connectivity index (χ0) is 15.9. The molecule has 1 rings (SSSR count). The van der Waals surface area contributed by atoms with E-state index in [1.807, 2.05) is 6.08 Å². The first-order valence-electron chi connectivity index (χ1n) is 9.68.